The smallest absolute Gasteiger partial charge is 0.183 e. The molecule has 6 heterocycles. The van der Waals surface area contributed by atoms with Crippen LogP contribution < -0.4 is 15.4 Å². The van der Waals surface area contributed by atoms with Gasteiger partial charge in [0, 0.05) is 82.2 Å². The summed E-state index contributed by atoms with van der Waals surface area (Å²) in [5.41, 5.74) is 1.51. The van der Waals surface area contributed by atoms with Crippen LogP contribution >= 0.6 is 12.4 Å². The summed E-state index contributed by atoms with van der Waals surface area (Å²) in [4.78, 5) is 36.9. The van der Waals surface area contributed by atoms with Gasteiger partial charge in [0.1, 0.15) is 18.4 Å². The van der Waals surface area contributed by atoms with E-state index in [0.29, 0.717) is 35.1 Å². The standard InChI is InChI=1S/C14H18N6O.C14H17N5O.ClH.H3NO2/c15-8-13-14(17-5-4-16-13)19-6-7-20-11(9-18-21)2-1-3-12(20)10-19;15-8-13-14(17-5-4-16-13)18-6-7-19-11(9-18)2-1-3-12(19)10-20;;2-1-3/h4-5,9,11-12,21H,1-3,6-7,10H2;4-5,10-12H,1-3,6-7,9H2;1H;1-3H/b18-9+;;;/t2*11-,12+;;/m10../s1. The largest absolute Gasteiger partial charge is 0.411 e. The lowest BCUT2D eigenvalue weighted by atomic mass is 9.94. The lowest BCUT2D eigenvalue weighted by molar-refractivity contribution is -0.115. The average Bonchev–Trinajstić information content (AvgIpc) is 3.08. The molecule has 2 aromatic heterocycles. The van der Waals surface area contributed by atoms with Crippen molar-refractivity contribution in [2.45, 2.75) is 62.7 Å². The number of nitriles is 2. The number of aldehydes is 1. The van der Waals surface area contributed by atoms with Gasteiger partial charge < -0.3 is 19.8 Å². The molecule has 4 atom stereocenters. The van der Waals surface area contributed by atoms with Gasteiger partial charge in [0.2, 0.25) is 0 Å². The Balaban J connectivity index is 0.000000222. The van der Waals surface area contributed by atoms with Crippen LogP contribution in [0.1, 0.15) is 49.9 Å². The Morgan fingerprint density at radius 3 is 1.67 bits per heavy atom. The molecule has 0 bridgehead atoms. The van der Waals surface area contributed by atoms with Crippen LogP contribution in [-0.4, -0.2) is 121 Å². The number of halogens is 1. The Morgan fingerprint density at radius 1 is 0.778 bits per heavy atom. The Hall–Kier alpha value is -4.03. The highest BCUT2D eigenvalue weighted by atomic mass is 35.5. The van der Waals surface area contributed by atoms with Crippen LogP contribution in [0.4, 0.5) is 11.6 Å². The van der Waals surface area contributed by atoms with Crippen LogP contribution in [-0.2, 0) is 4.79 Å². The summed E-state index contributed by atoms with van der Waals surface area (Å²) in [6.45, 7) is 4.97. The lowest BCUT2D eigenvalue weighted by Crippen LogP contribution is -2.59. The SMILES string of the molecule is Cl.N#Cc1nccnc1N1CCN2[C@@H](CCC[C@@H]2/C=N/O)C1.N#Cc1nccnc1N1CCN2[C@@H](CCC[C@@H]2C=O)C1.ONO. The van der Waals surface area contributed by atoms with Crippen molar-refractivity contribution in [3.8, 4) is 12.1 Å². The molecular weight excluding hydrogens is 604 g/mol. The fourth-order valence-electron chi connectivity index (χ4n) is 6.63. The second-order valence-corrected chi connectivity index (χ2v) is 10.9. The third kappa shape index (κ3) is 8.79. The van der Waals surface area contributed by atoms with Crippen molar-refractivity contribution in [1.82, 2.24) is 35.4 Å². The first-order valence-corrected chi connectivity index (χ1v) is 14.7. The van der Waals surface area contributed by atoms with Crippen LogP contribution in [0.2, 0.25) is 0 Å². The summed E-state index contributed by atoms with van der Waals surface area (Å²) < 4.78 is 0. The number of hydrogen-bond acceptors (Lipinski definition) is 16. The quantitative estimate of drug-likeness (QED) is 0.160. The lowest BCUT2D eigenvalue weighted by Gasteiger charge is -2.47. The fraction of sp³-hybridized carbons (Fsp3) is 0.571. The molecule has 17 heteroatoms. The summed E-state index contributed by atoms with van der Waals surface area (Å²) in [7, 11) is 0. The molecule has 0 amide bonds. The van der Waals surface area contributed by atoms with Crippen molar-refractivity contribution in [2.24, 2.45) is 5.16 Å². The number of rotatable bonds is 4. The highest BCUT2D eigenvalue weighted by Gasteiger charge is 2.36. The van der Waals surface area contributed by atoms with Gasteiger partial charge in [-0.15, -0.1) is 17.6 Å². The second kappa shape index (κ2) is 18.1. The molecule has 0 aromatic carbocycles. The molecule has 4 aliphatic heterocycles. The van der Waals surface area contributed by atoms with E-state index in [9.17, 15) is 4.79 Å². The third-order valence-corrected chi connectivity index (χ3v) is 8.55. The number of carbonyl (C=O) groups excluding carboxylic acids is 1. The molecule has 0 unspecified atom stereocenters. The molecule has 0 saturated carbocycles. The molecule has 4 saturated heterocycles. The molecule has 0 spiro atoms. The minimum Gasteiger partial charge on any atom is -0.411 e. The van der Waals surface area contributed by atoms with E-state index in [1.165, 1.54) is 0 Å². The van der Waals surface area contributed by atoms with Crippen molar-refractivity contribution < 1.29 is 20.4 Å². The van der Waals surface area contributed by atoms with Crippen molar-refractivity contribution in [3.05, 3.63) is 36.2 Å². The van der Waals surface area contributed by atoms with Crippen molar-refractivity contribution in [2.75, 3.05) is 49.1 Å². The Bertz CT molecular complexity index is 1340. The molecule has 0 aliphatic carbocycles. The van der Waals surface area contributed by atoms with Crippen molar-refractivity contribution >= 4 is 36.5 Å². The molecule has 16 nitrogen and oxygen atoms in total. The minimum atomic E-state index is 0. The number of aromatic nitrogens is 4. The van der Waals surface area contributed by atoms with Gasteiger partial charge >= 0.3 is 0 Å². The first-order valence-electron chi connectivity index (χ1n) is 14.7. The maximum Gasteiger partial charge on any atom is 0.183 e. The zero-order chi connectivity index (χ0) is 31.3. The second-order valence-electron chi connectivity index (χ2n) is 10.9. The molecule has 4 N–H and O–H groups in total. The predicted molar refractivity (Wildman–Crippen MR) is 164 cm³/mol. The summed E-state index contributed by atoms with van der Waals surface area (Å²) in [5, 5.41) is 44.0. The van der Waals surface area contributed by atoms with E-state index in [4.69, 9.17) is 26.1 Å². The molecule has 45 heavy (non-hydrogen) atoms. The summed E-state index contributed by atoms with van der Waals surface area (Å²) in [6, 6.07) is 5.27. The molecule has 2 aromatic rings. The maximum atomic E-state index is 11.1. The molecule has 242 valence electrons. The number of oxime groups is 1. The Morgan fingerprint density at radius 2 is 1.22 bits per heavy atom. The van der Waals surface area contributed by atoms with Crippen LogP contribution in [0, 0.1) is 22.7 Å². The first-order chi connectivity index (χ1) is 21.6. The first kappa shape index (κ1) is 35.4. The van der Waals surface area contributed by atoms with E-state index < -0.39 is 0 Å². The van der Waals surface area contributed by atoms with E-state index in [0.717, 1.165) is 89.7 Å². The Kier molecular flexibility index (Phi) is 14.2. The Labute approximate surface area is 267 Å². The topological polar surface area (TPSA) is 214 Å². The molecule has 6 rings (SSSR count). The molecule has 0 radical (unpaired) electrons. The van der Waals surface area contributed by atoms with E-state index >= 15 is 0 Å². The summed E-state index contributed by atoms with van der Waals surface area (Å²) in [5.74, 6) is 1.35. The van der Waals surface area contributed by atoms with Crippen molar-refractivity contribution in [3.63, 3.8) is 0 Å². The molecular formula is C28H39ClN12O4. The summed E-state index contributed by atoms with van der Waals surface area (Å²) >= 11 is 0. The van der Waals surface area contributed by atoms with E-state index in [1.54, 1.807) is 31.0 Å². The fourth-order valence-corrected chi connectivity index (χ4v) is 6.63. The van der Waals surface area contributed by atoms with Gasteiger partial charge in [-0.25, -0.2) is 19.9 Å². The zero-order valence-corrected chi connectivity index (χ0v) is 25.7. The number of piperidine rings is 2. The third-order valence-electron chi connectivity index (χ3n) is 8.55. The number of anilines is 2. The predicted octanol–water partition coefficient (Wildman–Crippen LogP) is 1.22. The van der Waals surface area contributed by atoms with Crippen molar-refractivity contribution in [1.29, 1.82) is 10.5 Å². The molecule has 4 fully saturated rings. The zero-order valence-electron chi connectivity index (χ0n) is 24.8. The number of piperazine rings is 2. The van der Waals surface area contributed by atoms with Gasteiger partial charge in [-0.2, -0.15) is 10.5 Å². The van der Waals surface area contributed by atoms with Crippen LogP contribution in [0.5, 0.6) is 0 Å². The van der Waals surface area contributed by atoms with Gasteiger partial charge in [-0.05, 0) is 38.5 Å². The highest BCUT2D eigenvalue weighted by molar-refractivity contribution is 5.85. The molecule has 4 aliphatic rings. The van der Waals surface area contributed by atoms with Gasteiger partial charge in [-0.1, -0.05) is 5.64 Å². The average molecular weight is 643 g/mol. The number of carbonyl (C=O) groups is 1. The van der Waals surface area contributed by atoms with Crippen LogP contribution in [0.25, 0.3) is 0 Å². The van der Waals surface area contributed by atoms with E-state index in [2.05, 4.69) is 56.8 Å². The van der Waals surface area contributed by atoms with Gasteiger partial charge in [-0.3, -0.25) is 20.2 Å². The van der Waals surface area contributed by atoms with Gasteiger partial charge in [0.25, 0.3) is 0 Å². The number of nitrogens with one attached hydrogen (secondary N) is 1. The van der Waals surface area contributed by atoms with Crippen LogP contribution in [0.15, 0.2) is 29.9 Å². The van der Waals surface area contributed by atoms with Crippen LogP contribution in [0.3, 0.4) is 0 Å². The van der Waals surface area contributed by atoms with E-state index in [-0.39, 0.29) is 24.5 Å². The number of hydrogen-bond donors (Lipinski definition) is 4. The minimum absolute atomic E-state index is 0. The number of nitrogens with zero attached hydrogens (tertiary/aromatic N) is 11. The maximum absolute atomic E-state index is 11.1. The highest BCUT2D eigenvalue weighted by Crippen LogP contribution is 2.29. The van der Waals surface area contributed by atoms with Gasteiger partial charge in [0.05, 0.1) is 12.3 Å². The van der Waals surface area contributed by atoms with Gasteiger partial charge in [0.15, 0.2) is 23.0 Å². The number of fused-ring (bicyclic) bond motifs is 2. The van der Waals surface area contributed by atoms with E-state index in [1.807, 2.05) is 0 Å². The summed E-state index contributed by atoms with van der Waals surface area (Å²) in [6.07, 6.45) is 15.5. The normalized spacial score (nSPS) is 24.6. The monoisotopic (exact) mass is 642 g/mol.